The second kappa shape index (κ2) is 4.47. The summed E-state index contributed by atoms with van der Waals surface area (Å²) in [7, 11) is 0. The molecule has 1 N–H and O–H groups in total. The lowest BCUT2D eigenvalue weighted by Crippen LogP contribution is -2.24. The standard InChI is InChI=1S/C14H13F3N2O2/c1-2-21-12(20)13(5-6-13)11-18-9-4-3-8(14(15,16)17)7-10(9)19-11/h3-4,7H,2,5-6H2,1H3,(H,18,19). The molecule has 0 unspecified atom stereocenters. The van der Waals surface area contributed by atoms with E-state index in [0.717, 1.165) is 12.1 Å². The number of imidazole rings is 1. The van der Waals surface area contributed by atoms with Gasteiger partial charge in [0.2, 0.25) is 0 Å². The molecule has 0 saturated heterocycles. The maximum Gasteiger partial charge on any atom is 0.416 e. The number of rotatable bonds is 3. The number of esters is 1. The summed E-state index contributed by atoms with van der Waals surface area (Å²) in [6.45, 7) is 1.97. The maximum absolute atomic E-state index is 12.7. The number of aromatic nitrogens is 2. The third kappa shape index (κ3) is 2.26. The fraction of sp³-hybridized carbons (Fsp3) is 0.429. The van der Waals surface area contributed by atoms with E-state index in [0.29, 0.717) is 24.2 Å². The predicted molar refractivity (Wildman–Crippen MR) is 68.6 cm³/mol. The van der Waals surface area contributed by atoms with Crippen LogP contribution in [0, 0.1) is 0 Å². The molecule has 0 aliphatic heterocycles. The molecule has 3 rings (SSSR count). The minimum Gasteiger partial charge on any atom is -0.465 e. The highest BCUT2D eigenvalue weighted by atomic mass is 19.4. The Hall–Kier alpha value is -2.05. The number of hydrogen-bond donors (Lipinski definition) is 1. The van der Waals surface area contributed by atoms with Crippen molar-refractivity contribution >= 4 is 17.0 Å². The molecule has 4 nitrogen and oxygen atoms in total. The Morgan fingerprint density at radius 1 is 1.43 bits per heavy atom. The Morgan fingerprint density at radius 3 is 2.71 bits per heavy atom. The second-order valence-corrected chi connectivity index (χ2v) is 5.12. The summed E-state index contributed by atoms with van der Waals surface area (Å²) >= 11 is 0. The number of nitrogens with zero attached hydrogens (tertiary/aromatic N) is 1. The maximum atomic E-state index is 12.7. The van der Waals surface area contributed by atoms with E-state index < -0.39 is 17.2 Å². The lowest BCUT2D eigenvalue weighted by molar-refractivity contribution is -0.146. The average Bonchev–Trinajstić information content (AvgIpc) is 3.11. The largest absolute Gasteiger partial charge is 0.465 e. The van der Waals surface area contributed by atoms with Crippen LogP contribution in [-0.4, -0.2) is 22.5 Å². The predicted octanol–water partition coefficient (Wildman–Crippen LogP) is 3.18. The van der Waals surface area contributed by atoms with Crippen molar-refractivity contribution in [1.82, 2.24) is 9.97 Å². The van der Waals surface area contributed by atoms with Crippen LogP contribution in [0.5, 0.6) is 0 Å². The highest BCUT2D eigenvalue weighted by Gasteiger charge is 2.55. The SMILES string of the molecule is CCOC(=O)C1(c2nc3ccc(C(F)(F)F)cc3[nH]2)CC1. The number of aromatic amines is 1. The van der Waals surface area contributed by atoms with Crippen LogP contribution in [-0.2, 0) is 21.1 Å². The number of fused-ring (bicyclic) bond motifs is 1. The highest BCUT2D eigenvalue weighted by Crippen LogP contribution is 2.48. The van der Waals surface area contributed by atoms with Crippen LogP contribution in [0.1, 0.15) is 31.2 Å². The summed E-state index contributed by atoms with van der Waals surface area (Å²) in [5, 5.41) is 0. The van der Waals surface area contributed by atoms with Crippen molar-refractivity contribution in [3.05, 3.63) is 29.6 Å². The van der Waals surface area contributed by atoms with Crippen molar-refractivity contribution in [3.63, 3.8) is 0 Å². The fourth-order valence-corrected chi connectivity index (χ4v) is 2.34. The van der Waals surface area contributed by atoms with Crippen LogP contribution in [0.15, 0.2) is 18.2 Å². The van der Waals surface area contributed by atoms with Crippen LogP contribution in [0.25, 0.3) is 11.0 Å². The van der Waals surface area contributed by atoms with Gasteiger partial charge in [-0.1, -0.05) is 0 Å². The van der Waals surface area contributed by atoms with E-state index in [2.05, 4.69) is 9.97 Å². The number of carbonyl (C=O) groups excluding carboxylic acids is 1. The first-order chi connectivity index (χ1) is 9.87. The van der Waals surface area contributed by atoms with Gasteiger partial charge in [0, 0.05) is 0 Å². The van der Waals surface area contributed by atoms with Gasteiger partial charge >= 0.3 is 12.1 Å². The molecule has 0 spiro atoms. The number of carbonyl (C=O) groups is 1. The van der Waals surface area contributed by atoms with Gasteiger partial charge in [0.1, 0.15) is 11.2 Å². The molecule has 1 aliphatic rings. The van der Waals surface area contributed by atoms with Gasteiger partial charge in [-0.2, -0.15) is 13.2 Å². The lowest BCUT2D eigenvalue weighted by Gasteiger charge is -2.10. The van der Waals surface area contributed by atoms with Crippen molar-refractivity contribution in [1.29, 1.82) is 0 Å². The van der Waals surface area contributed by atoms with E-state index in [1.165, 1.54) is 6.07 Å². The zero-order chi connectivity index (χ0) is 15.3. The molecule has 112 valence electrons. The highest BCUT2D eigenvalue weighted by molar-refractivity contribution is 5.87. The number of nitrogens with one attached hydrogen (secondary N) is 1. The fourth-order valence-electron chi connectivity index (χ4n) is 2.34. The van der Waals surface area contributed by atoms with E-state index in [4.69, 9.17) is 4.74 Å². The van der Waals surface area contributed by atoms with Crippen LogP contribution in [0.2, 0.25) is 0 Å². The summed E-state index contributed by atoms with van der Waals surface area (Å²) in [6, 6.07) is 3.29. The van der Waals surface area contributed by atoms with Crippen molar-refractivity contribution in [3.8, 4) is 0 Å². The molecule has 1 aromatic heterocycles. The van der Waals surface area contributed by atoms with E-state index in [1.54, 1.807) is 6.92 Å². The molecule has 7 heteroatoms. The van der Waals surface area contributed by atoms with E-state index in [9.17, 15) is 18.0 Å². The molecule has 21 heavy (non-hydrogen) atoms. The van der Waals surface area contributed by atoms with Gasteiger partial charge < -0.3 is 9.72 Å². The summed E-state index contributed by atoms with van der Waals surface area (Å²) in [6.07, 6.45) is -3.21. The molecule has 1 aliphatic carbocycles. The summed E-state index contributed by atoms with van der Waals surface area (Å²) in [5.74, 6) is 0.00961. The summed E-state index contributed by atoms with van der Waals surface area (Å²) in [5.41, 5.74) is -0.872. The van der Waals surface area contributed by atoms with E-state index >= 15 is 0 Å². The zero-order valence-electron chi connectivity index (χ0n) is 11.3. The molecular formula is C14H13F3N2O2. The van der Waals surface area contributed by atoms with Gasteiger partial charge in [0.15, 0.2) is 0 Å². The topological polar surface area (TPSA) is 55.0 Å². The molecule has 2 aromatic rings. The van der Waals surface area contributed by atoms with Gasteiger partial charge in [-0.05, 0) is 38.0 Å². The van der Waals surface area contributed by atoms with Crippen molar-refractivity contribution < 1.29 is 22.7 Å². The van der Waals surface area contributed by atoms with Crippen LogP contribution in [0.3, 0.4) is 0 Å². The van der Waals surface area contributed by atoms with Gasteiger partial charge in [-0.25, -0.2) is 4.98 Å². The molecule has 1 fully saturated rings. The normalized spacial score (nSPS) is 17.0. The Morgan fingerprint density at radius 2 is 2.14 bits per heavy atom. The first-order valence-corrected chi connectivity index (χ1v) is 6.61. The first kappa shape index (κ1) is 13.9. The van der Waals surface area contributed by atoms with Crippen molar-refractivity contribution in [2.24, 2.45) is 0 Å². The molecule has 1 heterocycles. The Bertz CT molecular complexity index is 702. The van der Waals surface area contributed by atoms with Gasteiger partial charge in [-0.3, -0.25) is 4.79 Å². The monoisotopic (exact) mass is 298 g/mol. The number of benzene rings is 1. The number of halogens is 3. The van der Waals surface area contributed by atoms with Crippen molar-refractivity contribution in [2.75, 3.05) is 6.61 Å². The number of ether oxygens (including phenoxy) is 1. The second-order valence-electron chi connectivity index (χ2n) is 5.12. The number of hydrogen-bond acceptors (Lipinski definition) is 3. The Balaban J connectivity index is 2.00. The minimum absolute atomic E-state index is 0.263. The third-order valence-corrected chi connectivity index (χ3v) is 3.68. The van der Waals surface area contributed by atoms with Gasteiger partial charge in [0.05, 0.1) is 23.2 Å². The third-order valence-electron chi connectivity index (χ3n) is 3.68. The van der Waals surface area contributed by atoms with E-state index in [1.807, 2.05) is 0 Å². The Labute approximate surface area is 118 Å². The van der Waals surface area contributed by atoms with E-state index in [-0.39, 0.29) is 18.1 Å². The van der Waals surface area contributed by atoms with Crippen LogP contribution in [0.4, 0.5) is 13.2 Å². The molecule has 0 atom stereocenters. The lowest BCUT2D eigenvalue weighted by atomic mass is 10.1. The average molecular weight is 298 g/mol. The molecule has 1 aromatic carbocycles. The molecule has 1 saturated carbocycles. The summed E-state index contributed by atoms with van der Waals surface area (Å²) < 4.78 is 43.1. The number of alkyl halides is 3. The number of H-pyrrole nitrogens is 1. The Kier molecular flexibility index (Phi) is 2.96. The first-order valence-electron chi connectivity index (χ1n) is 6.61. The van der Waals surface area contributed by atoms with Crippen molar-refractivity contribution in [2.45, 2.75) is 31.4 Å². The van der Waals surface area contributed by atoms with Gasteiger partial charge in [0.25, 0.3) is 0 Å². The van der Waals surface area contributed by atoms with Crippen LogP contribution < -0.4 is 0 Å². The molecule has 0 radical (unpaired) electrons. The minimum atomic E-state index is -4.40. The quantitative estimate of drug-likeness (QED) is 0.885. The smallest absolute Gasteiger partial charge is 0.416 e. The summed E-state index contributed by atoms with van der Waals surface area (Å²) in [4.78, 5) is 19.1. The zero-order valence-corrected chi connectivity index (χ0v) is 11.3. The molecule has 0 amide bonds. The molecular weight excluding hydrogens is 285 g/mol. The van der Waals surface area contributed by atoms with Crippen LogP contribution >= 0.6 is 0 Å². The van der Waals surface area contributed by atoms with Gasteiger partial charge in [-0.15, -0.1) is 0 Å². The molecule has 0 bridgehead atoms.